The number of amides is 1. The normalized spacial score (nSPS) is 16.0. The Hall–Kier alpha value is -2.87. The first kappa shape index (κ1) is 16.6. The van der Waals surface area contributed by atoms with Gasteiger partial charge in [-0.15, -0.1) is 5.10 Å². The smallest absolute Gasteiger partial charge is 0.252 e. The van der Waals surface area contributed by atoms with Crippen LogP contribution < -0.4 is 5.32 Å². The maximum Gasteiger partial charge on any atom is 0.252 e. The minimum absolute atomic E-state index is 0.0608. The Balaban J connectivity index is 1.26. The number of nitrogens with zero attached hydrogens (tertiary/aromatic N) is 6. The van der Waals surface area contributed by atoms with Crippen LogP contribution in [0.15, 0.2) is 42.9 Å². The van der Waals surface area contributed by atoms with Gasteiger partial charge in [-0.05, 0) is 44.1 Å². The van der Waals surface area contributed by atoms with Crippen molar-refractivity contribution in [3.05, 3.63) is 54.4 Å². The number of carbonyl (C=O) groups is 1. The third-order valence-electron chi connectivity index (χ3n) is 4.65. The van der Waals surface area contributed by atoms with E-state index in [1.807, 2.05) is 30.5 Å². The van der Waals surface area contributed by atoms with Gasteiger partial charge in [-0.25, -0.2) is 9.50 Å². The first-order valence-corrected chi connectivity index (χ1v) is 8.84. The lowest BCUT2D eigenvalue weighted by molar-refractivity contribution is -0.126. The number of hydrogen-bond acceptors (Lipinski definition) is 6. The number of pyridine rings is 1. The molecule has 1 N–H and O–H groups in total. The molecule has 1 fully saturated rings. The van der Waals surface area contributed by atoms with Crippen molar-refractivity contribution in [2.45, 2.75) is 25.9 Å². The van der Waals surface area contributed by atoms with Gasteiger partial charge in [0.1, 0.15) is 0 Å². The van der Waals surface area contributed by atoms with Crippen LogP contribution in [0.25, 0.3) is 5.78 Å². The molecule has 0 aromatic carbocycles. The molecule has 0 unspecified atom stereocenters. The van der Waals surface area contributed by atoms with Gasteiger partial charge in [0, 0.05) is 24.5 Å². The van der Waals surface area contributed by atoms with E-state index in [0.717, 1.165) is 37.4 Å². The van der Waals surface area contributed by atoms with Crippen molar-refractivity contribution in [3.63, 3.8) is 0 Å². The maximum absolute atomic E-state index is 12.4. The Bertz CT molecular complexity index is 838. The fourth-order valence-corrected chi connectivity index (χ4v) is 3.22. The van der Waals surface area contributed by atoms with Gasteiger partial charge in [0.15, 0.2) is 5.82 Å². The van der Waals surface area contributed by atoms with Gasteiger partial charge in [-0.2, -0.15) is 4.98 Å². The molecule has 3 aromatic rings. The van der Waals surface area contributed by atoms with Crippen LogP contribution in [-0.2, 0) is 17.9 Å². The maximum atomic E-state index is 12.4. The topological polar surface area (TPSA) is 88.3 Å². The second-order valence-corrected chi connectivity index (χ2v) is 6.48. The highest BCUT2D eigenvalue weighted by atomic mass is 16.1. The minimum atomic E-state index is 0.0608. The predicted octanol–water partition coefficient (Wildman–Crippen LogP) is 1.05. The Morgan fingerprint density at radius 3 is 2.77 bits per heavy atom. The van der Waals surface area contributed by atoms with E-state index in [-0.39, 0.29) is 11.8 Å². The summed E-state index contributed by atoms with van der Waals surface area (Å²) in [7, 11) is 0. The summed E-state index contributed by atoms with van der Waals surface area (Å²) in [6.45, 7) is 2.90. The molecule has 1 aliphatic rings. The average molecular weight is 351 g/mol. The van der Waals surface area contributed by atoms with Crippen LogP contribution >= 0.6 is 0 Å². The van der Waals surface area contributed by atoms with Crippen LogP contribution in [0.1, 0.15) is 24.4 Å². The van der Waals surface area contributed by atoms with Gasteiger partial charge in [-0.1, -0.05) is 6.07 Å². The van der Waals surface area contributed by atoms with Gasteiger partial charge in [0.25, 0.3) is 5.78 Å². The van der Waals surface area contributed by atoms with Crippen LogP contribution in [0.3, 0.4) is 0 Å². The molecule has 4 heterocycles. The van der Waals surface area contributed by atoms with Gasteiger partial charge in [-0.3, -0.25) is 14.7 Å². The Labute approximate surface area is 151 Å². The largest absolute Gasteiger partial charge is 0.350 e. The number of aromatic nitrogens is 5. The number of rotatable bonds is 5. The number of fused-ring (bicyclic) bond motifs is 1. The molecule has 0 atom stereocenters. The second-order valence-electron chi connectivity index (χ2n) is 6.48. The number of nitrogens with one attached hydrogen (secondary N) is 1. The van der Waals surface area contributed by atoms with Gasteiger partial charge in [0.2, 0.25) is 5.91 Å². The summed E-state index contributed by atoms with van der Waals surface area (Å²) in [5.74, 6) is 1.56. The zero-order chi connectivity index (χ0) is 17.8. The van der Waals surface area contributed by atoms with E-state index in [1.54, 1.807) is 16.9 Å². The summed E-state index contributed by atoms with van der Waals surface area (Å²) < 4.78 is 1.69. The van der Waals surface area contributed by atoms with E-state index < -0.39 is 0 Å². The molecular weight excluding hydrogens is 330 g/mol. The minimum Gasteiger partial charge on any atom is -0.350 e. The first-order chi connectivity index (χ1) is 12.8. The van der Waals surface area contributed by atoms with Crippen molar-refractivity contribution in [3.8, 4) is 0 Å². The van der Waals surface area contributed by atoms with Crippen molar-refractivity contribution in [2.24, 2.45) is 5.92 Å². The highest BCUT2D eigenvalue weighted by Crippen LogP contribution is 2.18. The highest BCUT2D eigenvalue weighted by molar-refractivity contribution is 5.78. The van der Waals surface area contributed by atoms with Crippen molar-refractivity contribution < 1.29 is 4.79 Å². The van der Waals surface area contributed by atoms with Gasteiger partial charge >= 0.3 is 0 Å². The molecule has 0 bridgehead atoms. The highest BCUT2D eigenvalue weighted by Gasteiger charge is 2.25. The molecule has 1 saturated heterocycles. The Morgan fingerprint density at radius 1 is 1.15 bits per heavy atom. The van der Waals surface area contributed by atoms with Crippen LogP contribution in [0.2, 0.25) is 0 Å². The van der Waals surface area contributed by atoms with Gasteiger partial charge < -0.3 is 5.32 Å². The van der Waals surface area contributed by atoms with E-state index in [4.69, 9.17) is 0 Å². The quantitative estimate of drug-likeness (QED) is 0.739. The molecule has 3 aromatic heterocycles. The molecule has 134 valence electrons. The Kier molecular flexibility index (Phi) is 4.83. The lowest BCUT2D eigenvalue weighted by Gasteiger charge is -2.30. The van der Waals surface area contributed by atoms with Crippen molar-refractivity contribution in [1.82, 2.24) is 34.8 Å². The number of carbonyl (C=O) groups excluding carboxylic acids is 1. The fraction of sp³-hybridized carbons (Fsp3) is 0.389. The molecule has 8 nitrogen and oxygen atoms in total. The molecule has 0 aliphatic carbocycles. The standard InChI is InChI=1S/C18H21N7O/c26-17(21-12-15-4-1-2-7-19-15)14-5-10-24(11-6-14)13-16-22-18-20-8-3-9-25(18)23-16/h1-4,7-9,14H,5-6,10-13H2,(H,21,26). The Morgan fingerprint density at radius 2 is 2.00 bits per heavy atom. The zero-order valence-electron chi connectivity index (χ0n) is 14.5. The monoisotopic (exact) mass is 351 g/mol. The van der Waals surface area contributed by atoms with Crippen LogP contribution in [0.4, 0.5) is 0 Å². The number of likely N-dealkylation sites (tertiary alicyclic amines) is 1. The lowest BCUT2D eigenvalue weighted by atomic mass is 9.96. The molecule has 0 spiro atoms. The summed E-state index contributed by atoms with van der Waals surface area (Å²) in [5, 5.41) is 7.43. The van der Waals surface area contributed by atoms with Crippen molar-refractivity contribution in [2.75, 3.05) is 13.1 Å². The zero-order valence-corrected chi connectivity index (χ0v) is 14.5. The third-order valence-corrected chi connectivity index (χ3v) is 4.65. The van der Waals surface area contributed by atoms with E-state index in [1.165, 1.54) is 0 Å². The third kappa shape index (κ3) is 3.85. The SMILES string of the molecule is O=C(NCc1ccccn1)C1CCN(Cc2nc3ncccn3n2)CC1. The number of piperidine rings is 1. The average Bonchev–Trinajstić information content (AvgIpc) is 3.10. The molecule has 1 aliphatic heterocycles. The van der Waals surface area contributed by atoms with Gasteiger partial charge in [0.05, 0.1) is 18.8 Å². The van der Waals surface area contributed by atoms with E-state index >= 15 is 0 Å². The van der Waals surface area contributed by atoms with Crippen LogP contribution in [0, 0.1) is 5.92 Å². The van der Waals surface area contributed by atoms with Crippen molar-refractivity contribution in [1.29, 1.82) is 0 Å². The predicted molar refractivity (Wildman–Crippen MR) is 94.9 cm³/mol. The second kappa shape index (κ2) is 7.57. The van der Waals surface area contributed by atoms with Crippen molar-refractivity contribution >= 4 is 11.7 Å². The molecule has 8 heteroatoms. The lowest BCUT2D eigenvalue weighted by Crippen LogP contribution is -2.40. The molecule has 26 heavy (non-hydrogen) atoms. The molecule has 4 rings (SSSR count). The first-order valence-electron chi connectivity index (χ1n) is 8.84. The van der Waals surface area contributed by atoms with Crippen LogP contribution in [-0.4, -0.2) is 48.5 Å². The fourth-order valence-electron chi connectivity index (χ4n) is 3.22. The molecule has 0 saturated carbocycles. The molecular formula is C18H21N7O. The summed E-state index contributed by atoms with van der Waals surface area (Å²) >= 11 is 0. The summed E-state index contributed by atoms with van der Waals surface area (Å²) in [5.41, 5.74) is 0.879. The van der Waals surface area contributed by atoms with E-state index in [9.17, 15) is 4.79 Å². The van der Waals surface area contributed by atoms with Crippen LogP contribution in [0.5, 0.6) is 0 Å². The molecule has 1 amide bonds. The van der Waals surface area contributed by atoms with E-state index in [2.05, 4.69) is 30.3 Å². The van der Waals surface area contributed by atoms with E-state index in [0.29, 0.717) is 18.9 Å². The number of hydrogen-bond donors (Lipinski definition) is 1. The molecule has 0 radical (unpaired) electrons. The summed E-state index contributed by atoms with van der Waals surface area (Å²) in [6.07, 6.45) is 6.99. The summed E-state index contributed by atoms with van der Waals surface area (Å²) in [4.78, 5) is 27.5. The summed E-state index contributed by atoms with van der Waals surface area (Å²) in [6, 6.07) is 7.55.